The van der Waals surface area contributed by atoms with E-state index in [-0.39, 0.29) is 5.84 Å². The van der Waals surface area contributed by atoms with Gasteiger partial charge in [-0.05, 0) is 53.4 Å². The Morgan fingerprint density at radius 3 is 2.75 bits per heavy atom. The molecule has 0 aliphatic heterocycles. The van der Waals surface area contributed by atoms with Crippen LogP contribution in [0.5, 0.6) is 5.75 Å². The van der Waals surface area contributed by atoms with Crippen molar-refractivity contribution in [2.75, 3.05) is 0 Å². The topological polar surface area (TPSA) is 67.8 Å². The molecule has 0 heterocycles. The molecule has 0 unspecified atom stereocenters. The SMILES string of the molecule is N/C(=N/O)c1ccc(OC2CCC2)c(Br)c1. The van der Waals surface area contributed by atoms with Crippen LogP contribution in [0, 0.1) is 0 Å². The Balaban J connectivity index is 2.15. The number of hydrogen-bond donors (Lipinski definition) is 2. The van der Waals surface area contributed by atoms with Crippen LogP contribution in [0.1, 0.15) is 24.8 Å². The number of amidine groups is 1. The molecule has 86 valence electrons. The summed E-state index contributed by atoms with van der Waals surface area (Å²) >= 11 is 3.41. The lowest BCUT2D eigenvalue weighted by Crippen LogP contribution is -2.24. The highest BCUT2D eigenvalue weighted by Crippen LogP contribution is 2.31. The molecule has 0 atom stereocenters. The molecule has 1 aliphatic carbocycles. The number of oxime groups is 1. The minimum atomic E-state index is 0.0934. The summed E-state index contributed by atoms with van der Waals surface area (Å²) in [5.74, 6) is 0.898. The third-order valence-electron chi connectivity index (χ3n) is 2.68. The zero-order valence-electron chi connectivity index (χ0n) is 8.69. The van der Waals surface area contributed by atoms with Crippen LogP contribution in [-0.2, 0) is 0 Å². The van der Waals surface area contributed by atoms with Gasteiger partial charge < -0.3 is 15.7 Å². The zero-order chi connectivity index (χ0) is 11.5. The highest BCUT2D eigenvalue weighted by atomic mass is 79.9. The van der Waals surface area contributed by atoms with Crippen molar-refractivity contribution in [2.24, 2.45) is 10.9 Å². The predicted molar refractivity (Wildman–Crippen MR) is 64.9 cm³/mol. The molecule has 3 N–H and O–H groups in total. The van der Waals surface area contributed by atoms with Gasteiger partial charge >= 0.3 is 0 Å². The van der Waals surface area contributed by atoms with Gasteiger partial charge in [0.05, 0.1) is 10.6 Å². The summed E-state index contributed by atoms with van der Waals surface area (Å²) in [5, 5.41) is 11.5. The molecule has 5 heteroatoms. The van der Waals surface area contributed by atoms with Gasteiger partial charge in [-0.25, -0.2) is 0 Å². The van der Waals surface area contributed by atoms with Crippen LogP contribution in [-0.4, -0.2) is 17.1 Å². The summed E-state index contributed by atoms with van der Waals surface area (Å²) in [6.45, 7) is 0. The third-order valence-corrected chi connectivity index (χ3v) is 3.30. The lowest BCUT2D eigenvalue weighted by molar-refractivity contribution is 0.119. The summed E-state index contributed by atoms with van der Waals surface area (Å²) in [4.78, 5) is 0. The molecule has 1 saturated carbocycles. The molecule has 4 nitrogen and oxygen atoms in total. The molecular formula is C11H13BrN2O2. The van der Waals surface area contributed by atoms with Crippen molar-refractivity contribution in [3.8, 4) is 5.75 Å². The van der Waals surface area contributed by atoms with Gasteiger partial charge in [-0.2, -0.15) is 0 Å². The van der Waals surface area contributed by atoms with E-state index < -0.39 is 0 Å². The van der Waals surface area contributed by atoms with Crippen LogP contribution in [0.2, 0.25) is 0 Å². The summed E-state index contributed by atoms with van der Waals surface area (Å²) in [6, 6.07) is 5.38. The Hall–Kier alpha value is -1.23. The first-order chi connectivity index (χ1) is 7.70. The van der Waals surface area contributed by atoms with Crippen molar-refractivity contribution in [1.82, 2.24) is 0 Å². The Labute approximate surface area is 102 Å². The molecule has 0 saturated heterocycles. The highest BCUT2D eigenvalue weighted by Gasteiger charge is 2.20. The van der Waals surface area contributed by atoms with Crippen molar-refractivity contribution in [1.29, 1.82) is 0 Å². The van der Waals surface area contributed by atoms with Gasteiger partial charge in [-0.3, -0.25) is 0 Å². The normalized spacial score (nSPS) is 16.9. The van der Waals surface area contributed by atoms with E-state index in [1.807, 2.05) is 6.07 Å². The molecule has 0 spiro atoms. The highest BCUT2D eigenvalue weighted by molar-refractivity contribution is 9.10. The summed E-state index contributed by atoms with van der Waals surface area (Å²) in [7, 11) is 0. The average molecular weight is 285 g/mol. The maximum Gasteiger partial charge on any atom is 0.170 e. The number of nitrogens with two attached hydrogens (primary N) is 1. The van der Waals surface area contributed by atoms with Crippen LogP contribution < -0.4 is 10.5 Å². The van der Waals surface area contributed by atoms with Gasteiger partial charge in [0.15, 0.2) is 5.84 Å². The molecule has 2 rings (SSSR count). The van der Waals surface area contributed by atoms with Crippen molar-refractivity contribution in [2.45, 2.75) is 25.4 Å². The van der Waals surface area contributed by atoms with E-state index in [1.165, 1.54) is 6.42 Å². The molecule has 0 radical (unpaired) electrons. The Bertz CT molecular complexity index is 416. The molecule has 0 aromatic heterocycles. The second kappa shape index (κ2) is 4.74. The van der Waals surface area contributed by atoms with E-state index in [9.17, 15) is 0 Å². The van der Waals surface area contributed by atoms with Crippen molar-refractivity contribution in [3.63, 3.8) is 0 Å². The minimum absolute atomic E-state index is 0.0934. The van der Waals surface area contributed by atoms with Crippen LogP contribution in [0.4, 0.5) is 0 Å². The maximum atomic E-state index is 8.56. The van der Waals surface area contributed by atoms with Crippen molar-refractivity contribution < 1.29 is 9.94 Å². The fraction of sp³-hybridized carbons (Fsp3) is 0.364. The second-order valence-corrected chi connectivity index (χ2v) is 4.66. The number of hydrogen-bond acceptors (Lipinski definition) is 3. The standard InChI is InChI=1S/C11H13BrN2O2/c12-9-6-7(11(13)14-15)4-5-10(9)16-8-2-1-3-8/h4-6,8,15H,1-3H2,(H2,13,14). The van der Waals surface area contributed by atoms with E-state index in [2.05, 4.69) is 21.1 Å². The molecule has 0 amide bonds. The van der Waals surface area contributed by atoms with Crippen LogP contribution in [0.25, 0.3) is 0 Å². The molecule has 1 fully saturated rings. The predicted octanol–water partition coefficient (Wildman–Crippen LogP) is 2.47. The Kier molecular flexibility index (Phi) is 3.33. The minimum Gasteiger partial charge on any atom is -0.489 e. The first-order valence-electron chi connectivity index (χ1n) is 5.15. The second-order valence-electron chi connectivity index (χ2n) is 3.80. The van der Waals surface area contributed by atoms with Gasteiger partial charge in [-0.1, -0.05) is 5.16 Å². The Morgan fingerprint density at radius 1 is 1.50 bits per heavy atom. The number of benzene rings is 1. The zero-order valence-corrected chi connectivity index (χ0v) is 10.3. The summed E-state index contributed by atoms with van der Waals surface area (Å²) < 4.78 is 6.58. The molecule has 16 heavy (non-hydrogen) atoms. The van der Waals surface area contributed by atoms with Gasteiger partial charge in [-0.15, -0.1) is 0 Å². The number of nitrogens with zero attached hydrogens (tertiary/aromatic N) is 1. The Morgan fingerprint density at radius 2 is 2.25 bits per heavy atom. The van der Waals surface area contributed by atoms with E-state index in [0.717, 1.165) is 23.1 Å². The van der Waals surface area contributed by atoms with E-state index in [0.29, 0.717) is 11.7 Å². The summed E-state index contributed by atoms with van der Waals surface area (Å²) in [5.41, 5.74) is 6.15. The summed E-state index contributed by atoms with van der Waals surface area (Å²) in [6.07, 6.45) is 3.82. The van der Waals surface area contributed by atoms with Gasteiger partial charge in [0.2, 0.25) is 0 Å². The fourth-order valence-electron chi connectivity index (χ4n) is 1.48. The molecule has 1 aromatic rings. The number of ether oxygens (including phenoxy) is 1. The van der Waals surface area contributed by atoms with E-state index in [4.69, 9.17) is 15.7 Å². The van der Waals surface area contributed by atoms with Crippen LogP contribution in [0.15, 0.2) is 27.8 Å². The first-order valence-corrected chi connectivity index (χ1v) is 5.94. The lowest BCUT2D eigenvalue weighted by Gasteiger charge is -2.26. The molecule has 0 bridgehead atoms. The van der Waals surface area contributed by atoms with E-state index in [1.54, 1.807) is 12.1 Å². The fourth-order valence-corrected chi connectivity index (χ4v) is 1.95. The monoisotopic (exact) mass is 284 g/mol. The van der Waals surface area contributed by atoms with Gasteiger partial charge in [0.1, 0.15) is 5.75 Å². The molecule has 1 aliphatic rings. The van der Waals surface area contributed by atoms with Crippen molar-refractivity contribution in [3.05, 3.63) is 28.2 Å². The lowest BCUT2D eigenvalue weighted by atomic mass is 9.96. The maximum absolute atomic E-state index is 8.56. The third kappa shape index (κ3) is 2.29. The number of halogens is 1. The molecular weight excluding hydrogens is 272 g/mol. The quantitative estimate of drug-likeness (QED) is 0.388. The van der Waals surface area contributed by atoms with Crippen LogP contribution >= 0.6 is 15.9 Å². The van der Waals surface area contributed by atoms with Gasteiger partial charge in [0.25, 0.3) is 0 Å². The van der Waals surface area contributed by atoms with Crippen molar-refractivity contribution >= 4 is 21.8 Å². The largest absolute Gasteiger partial charge is 0.489 e. The molecule has 1 aromatic carbocycles. The van der Waals surface area contributed by atoms with Crippen LogP contribution in [0.3, 0.4) is 0 Å². The number of rotatable bonds is 3. The van der Waals surface area contributed by atoms with E-state index >= 15 is 0 Å². The van der Waals surface area contributed by atoms with Gasteiger partial charge in [0, 0.05) is 5.56 Å². The smallest absolute Gasteiger partial charge is 0.170 e. The first kappa shape index (κ1) is 11.3. The average Bonchev–Trinajstić information content (AvgIpc) is 2.23.